The number of rotatable bonds is 7. The first-order valence-corrected chi connectivity index (χ1v) is 11.1. The molecule has 4 bridgehead atoms. The molecule has 0 aromatic heterocycles. The molecule has 6 fully saturated rings. The second-order valence-corrected chi connectivity index (χ2v) is 8.34. The topological polar surface area (TPSA) is 176 Å². The van der Waals surface area contributed by atoms with E-state index in [1.54, 1.807) is 0 Å². The smallest absolute Gasteiger partial charge is 0.216 e. The molecule has 0 unspecified atom stereocenters. The fraction of sp³-hybridized carbons (Fsp3) is 0.950. The van der Waals surface area contributed by atoms with E-state index in [4.69, 9.17) is 23.7 Å². The quantitative estimate of drug-likeness (QED) is 0.212. The number of aliphatic hydroxyl groups excluding tert-OH is 5. The molecular weight excluding hydrogens is 430 g/mol. The van der Waals surface area contributed by atoms with Crippen LogP contribution in [0.2, 0.25) is 0 Å². The Morgan fingerprint density at radius 3 is 2.41 bits per heavy atom. The Morgan fingerprint density at radius 2 is 1.72 bits per heavy atom. The van der Waals surface area contributed by atoms with Gasteiger partial charge in [0.05, 0.1) is 19.3 Å². The number of carbonyl (C=O) groups is 1. The number of amides is 1. The van der Waals surface area contributed by atoms with Crippen LogP contribution in [-0.2, 0) is 28.5 Å². The van der Waals surface area contributed by atoms with Gasteiger partial charge in [0.2, 0.25) is 5.91 Å². The summed E-state index contributed by atoms with van der Waals surface area (Å²) in [5.41, 5.74) is 0. The molecule has 6 saturated heterocycles. The van der Waals surface area contributed by atoms with Crippen molar-refractivity contribution in [3.8, 4) is 0 Å². The van der Waals surface area contributed by atoms with Crippen LogP contribution in [0.4, 0.5) is 0 Å². The highest BCUT2D eigenvalue weighted by molar-refractivity contribution is 5.72. The average molecular weight is 465 g/mol. The van der Waals surface area contributed by atoms with Crippen LogP contribution in [0.1, 0.15) is 26.2 Å². The van der Waals surface area contributed by atoms with Crippen LogP contribution in [-0.4, -0.2) is 126 Å². The van der Waals surface area contributed by atoms with Gasteiger partial charge in [0, 0.05) is 26.7 Å². The Morgan fingerprint density at radius 1 is 1.00 bits per heavy atom. The molecule has 0 aromatic rings. The largest absolute Gasteiger partial charge is 0.394 e. The highest BCUT2D eigenvalue weighted by Crippen LogP contribution is 2.33. The molecule has 6 aliphatic rings. The lowest BCUT2D eigenvalue weighted by atomic mass is 9.92. The maximum atomic E-state index is 11.1. The van der Waals surface area contributed by atoms with Crippen molar-refractivity contribution >= 4 is 5.91 Å². The third kappa shape index (κ3) is 5.95. The zero-order chi connectivity index (χ0) is 23.3. The van der Waals surface area contributed by atoms with Crippen LogP contribution in [0, 0.1) is 0 Å². The number of nitrogens with one attached hydrogen (secondary N) is 1. The predicted octanol–water partition coefficient (Wildman–Crippen LogP) is -2.98. The molecule has 186 valence electrons. The van der Waals surface area contributed by atoms with E-state index in [-0.39, 0.29) is 19.1 Å². The summed E-state index contributed by atoms with van der Waals surface area (Å²) in [6.07, 6.45) is -9.40. The van der Waals surface area contributed by atoms with Gasteiger partial charge in [-0.2, -0.15) is 0 Å². The van der Waals surface area contributed by atoms with Gasteiger partial charge in [-0.3, -0.25) is 4.79 Å². The van der Waals surface area contributed by atoms with Gasteiger partial charge >= 0.3 is 0 Å². The van der Waals surface area contributed by atoms with E-state index in [0.717, 1.165) is 0 Å². The first-order valence-electron chi connectivity index (χ1n) is 11.1. The molecule has 0 radical (unpaired) electrons. The highest BCUT2D eigenvalue weighted by Gasteiger charge is 2.51. The second-order valence-electron chi connectivity index (χ2n) is 8.34. The van der Waals surface area contributed by atoms with Crippen molar-refractivity contribution in [3.05, 3.63) is 0 Å². The average Bonchev–Trinajstić information content (AvgIpc) is 2.79. The lowest BCUT2D eigenvalue weighted by Crippen LogP contribution is -2.64. The maximum absolute atomic E-state index is 11.1. The maximum Gasteiger partial charge on any atom is 0.216 e. The molecule has 32 heavy (non-hydrogen) atoms. The van der Waals surface area contributed by atoms with Gasteiger partial charge in [0.1, 0.15) is 48.8 Å². The number of aliphatic hydroxyl groups is 5. The summed E-state index contributed by atoms with van der Waals surface area (Å²) in [7, 11) is 0. The third-order valence-corrected chi connectivity index (χ3v) is 6.00. The van der Waals surface area contributed by atoms with E-state index in [9.17, 15) is 30.3 Å². The van der Waals surface area contributed by atoms with Crippen molar-refractivity contribution in [2.75, 3.05) is 33.0 Å². The van der Waals surface area contributed by atoms with E-state index in [1.165, 1.54) is 6.92 Å². The van der Waals surface area contributed by atoms with Gasteiger partial charge in [-0.15, -0.1) is 0 Å². The molecule has 0 saturated carbocycles. The summed E-state index contributed by atoms with van der Waals surface area (Å²) < 4.78 is 29.0. The van der Waals surface area contributed by atoms with Crippen molar-refractivity contribution in [2.45, 2.75) is 87.4 Å². The Labute approximate surface area is 186 Å². The van der Waals surface area contributed by atoms with Gasteiger partial charge in [-0.25, -0.2) is 0 Å². The summed E-state index contributed by atoms with van der Waals surface area (Å²) in [4.78, 5) is 11.0. The first kappa shape index (κ1) is 25.7. The molecule has 0 aromatic carbocycles. The number of hydrogen-bond donors (Lipinski definition) is 6. The molecule has 6 N–H and O–H groups in total. The van der Waals surface area contributed by atoms with Crippen molar-refractivity contribution in [1.29, 1.82) is 0 Å². The van der Waals surface area contributed by atoms with E-state index in [0.29, 0.717) is 25.8 Å². The highest BCUT2D eigenvalue weighted by atomic mass is 16.7. The molecule has 6 heterocycles. The normalized spacial score (nSPS) is 42.7. The van der Waals surface area contributed by atoms with Crippen LogP contribution >= 0.6 is 0 Å². The van der Waals surface area contributed by atoms with Crippen LogP contribution in [0.5, 0.6) is 0 Å². The summed E-state index contributed by atoms with van der Waals surface area (Å²) in [5, 5.41) is 54.2. The van der Waals surface area contributed by atoms with E-state index >= 15 is 0 Å². The lowest BCUT2D eigenvalue weighted by molar-refractivity contribution is -0.344. The van der Waals surface area contributed by atoms with Gasteiger partial charge in [0.15, 0.2) is 6.29 Å². The van der Waals surface area contributed by atoms with E-state index in [2.05, 4.69) is 5.32 Å². The van der Waals surface area contributed by atoms with Crippen LogP contribution in [0.3, 0.4) is 0 Å². The molecular formula is C20H35NO11. The number of ether oxygens (including phenoxy) is 5. The molecule has 0 spiro atoms. The Balaban J connectivity index is 1.77. The molecule has 12 nitrogen and oxygen atoms in total. The molecule has 6 aliphatic heterocycles. The zero-order valence-electron chi connectivity index (χ0n) is 18.1. The summed E-state index contributed by atoms with van der Waals surface area (Å²) in [6, 6.07) is 0. The second kappa shape index (κ2) is 12.0. The minimum absolute atomic E-state index is 0.148. The first-order chi connectivity index (χ1) is 15.4. The van der Waals surface area contributed by atoms with E-state index < -0.39 is 74.4 Å². The fourth-order valence-electron chi connectivity index (χ4n) is 4.35. The zero-order valence-corrected chi connectivity index (χ0v) is 18.1. The summed E-state index contributed by atoms with van der Waals surface area (Å²) in [6.45, 7) is 1.33. The van der Waals surface area contributed by atoms with Crippen LogP contribution < -0.4 is 5.32 Å². The molecule has 1 amide bonds. The third-order valence-electron chi connectivity index (χ3n) is 6.00. The van der Waals surface area contributed by atoms with Crippen molar-refractivity contribution < 1.29 is 54.0 Å². The summed E-state index contributed by atoms with van der Waals surface area (Å²) >= 11 is 0. The van der Waals surface area contributed by atoms with Crippen molar-refractivity contribution in [3.63, 3.8) is 0 Å². The minimum atomic E-state index is -1.51. The Kier molecular flexibility index (Phi) is 9.61. The van der Waals surface area contributed by atoms with Crippen LogP contribution in [0.15, 0.2) is 0 Å². The predicted molar refractivity (Wildman–Crippen MR) is 106 cm³/mol. The molecule has 6 rings (SSSR count). The lowest BCUT2D eigenvalue weighted by Gasteiger charge is -2.47. The fourth-order valence-corrected chi connectivity index (χ4v) is 4.35. The number of carbonyl (C=O) groups excluding carboxylic acids is 1. The van der Waals surface area contributed by atoms with Crippen molar-refractivity contribution in [1.82, 2.24) is 5.32 Å². The van der Waals surface area contributed by atoms with Gasteiger partial charge < -0.3 is 54.5 Å². The van der Waals surface area contributed by atoms with Gasteiger partial charge in [-0.1, -0.05) is 0 Å². The molecule has 12 heteroatoms. The Bertz CT molecular complexity index is 594. The Hall–Kier alpha value is -0.930. The van der Waals surface area contributed by atoms with Crippen molar-refractivity contribution in [2.24, 2.45) is 0 Å². The van der Waals surface area contributed by atoms with Gasteiger partial charge in [-0.05, 0) is 19.3 Å². The molecule has 10 atom stereocenters. The van der Waals surface area contributed by atoms with E-state index in [1.807, 2.05) is 0 Å². The molecule has 0 aliphatic carbocycles. The van der Waals surface area contributed by atoms with Gasteiger partial charge in [0.25, 0.3) is 0 Å². The SMILES string of the molecule is CC(=O)NCCCO[C@@H]1[C@@H](O)[C@@H]2O[C@H]3O[C@H](CO)[C@@H](OCCC[C@H]1O[C@@H]2CO)[C@H](O)[C@H]3O. The van der Waals surface area contributed by atoms with Crippen LogP contribution in [0.25, 0.3) is 0 Å². The minimum Gasteiger partial charge on any atom is -0.394 e. The number of hydrogen-bond acceptors (Lipinski definition) is 11. The monoisotopic (exact) mass is 465 g/mol. The standard InChI is InChI=1S/C20H35NO11/c1-10(24)21-5-3-7-29-17-11-4-2-6-28-18-12(8-22)31-20(15(26)14(18)25)32-19(16(17)27)13(9-23)30-11/h11-20,22-23,25-27H,2-9H2,1H3,(H,21,24)/t11-,12-,13-,14-,15-,16-,17+,18-,19-,20-/m1/s1. The summed E-state index contributed by atoms with van der Waals surface area (Å²) in [5.74, 6) is -0.148.